The molecule has 1 aromatic rings. The fraction of sp³-hybridized carbons (Fsp3) is 0.800. The van der Waals surface area contributed by atoms with E-state index in [0.717, 1.165) is 18.2 Å². The highest BCUT2D eigenvalue weighted by Crippen LogP contribution is 2.15. The lowest BCUT2D eigenvalue weighted by Gasteiger charge is -2.39. The lowest BCUT2D eigenvalue weighted by Crippen LogP contribution is -2.51. The molecule has 2 heterocycles. The summed E-state index contributed by atoms with van der Waals surface area (Å²) in [6, 6.07) is 0.744. The third-order valence-electron chi connectivity index (χ3n) is 4.18. The first-order valence-corrected chi connectivity index (χ1v) is 9.06. The number of nitrogens with zero attached hydrogens (tertiary/aromatic N) is 3. The van der Waals surface area contributed by atoms with Crippen molar-refractivity contribution in [1.29, 1.82) is 0 Å². The molecule has 1 aliphatic rings. The number of aromatic nitrogens is 1. The van der Waals surface area contributed by atoms with Crippen molar-refractivity contribution < 1.29 is 0 Å². The Kier molecular flexibility index (Phi) is 6.75. The van der Waals surface area contributed by atoms with E-state index in [1.165, 1.54) is 50.4 Å². The van der Waals surface area contributed by atoms with E-state index < -0.39 is 0 Å². The molecule has 1 fully saturated rings. The molecule has 0 N–H and O–H groups in total. The molecule has 1 unspecified atom stereocenters. The van der Waals surface area contributed by atoms with E-state index in [4.69, 9.17) is 11.6 Å². The summed E-state index contributed by atoms with van der Waals surface area (Å²) in [5.74, 6) is 0.538. The molecule has 0 bridgehead atoms. The third kappa shape index (κ3) is 4.69. The minimum absolute atomic E-state index is 0.538. The summed E-state index contributed by atoms with van der Waals surface area (Å²) in [6.07, 6.45) is 4.87. The summed E-state index contributed by atoms with van der Waals surface area (Å²) >= 11 is 7.52. The second-order valence-corrected chi connectivity index (χ2v) is 6.88. The van der Waals surface area contributed by atoms with Crippen LogP contribution >= 0.6 is 22.9 Å². The number of likely N-dealkylation sites (N-methyl/N-ethyl adjacent to an activating group) is 1. The maximum absolute atomic E-state index is 5.78. The fourth-order valence-electron chi connectivity index (χ4n) is 2.79. The van der Waals surface area contributed by atoms with E-state index in [0.29, 0.717) is 5.88 Å². The van der Waals surface area contributed by atoms with Crippen LogP contribution in [0.1, 0.15) is 36.9 Å². The SMILES string of the molecule is CCC1CN(CCCCc2nc(CCl)cs2)CCN1C. The van der Waals surface area contributed by atoms with Crippen LogP contribution in [0, 0.1) is 0 Å². The van der Waals surface area contributed by atoms with Gasteiger partial charge in [-0.15, -0.1) is 22.9 Å². The van der Waals surface area contributed by atoms with E-state index in [2.05, 4.69) is 34.1 Å². The second kappa shape index (κ2) is 8.32. The molecule has 0 radical (unpaired) electrons. The number of alkyl halides is 1. The zero-order valence-corrected chi connectivity index (χ0v) is 14.2. The van der Waals surface area contributed by atoms with Crippen LogP contribution in [-0.2, 0) is 12.3 Å². The summed E-state index contributed by atoms with van der Waals surface area (Å²) in [4.78, 5) is 9.64. The van der Waals surface area contributed by atoms with Crippen molar-refractivity contribution in [2.75, 3.05) is 33.2 Å². The van der Waals surface area contributed by atoms with Crippen LogP contribution in [0.3, 0.4) is 0 Å². The first kappa shape index (κ1) is 16.2. The monoisotopic (exact) mass is 315 g/mol. The van der Waals surface area contributed by atoms with Gasteiger partial charge in [0.25, 0.3) is 0 Å². The number of piperazine rings is 1. The average molecular weight is 316 g/mol. The van der Waals surface area contributed by atoms with Gasteiger partial charge in [0.05, 0.1) is 16.6 Å². The lowest BCUT2D eigenvalue weighted by molar-refractivity contribution is 0.0921. The quantitative estimate of drug-likeness (QED) is 0.569. The molecule has 3 nitrogen and oxygen atoms in total. The van der Waals surface area contributed by atoms with E-state index in [1.807, 2.05) is 0 Å². The Morgan fingerprint density at radius 2 is 2.25 bits per heavy atom. The Labute approximate surface area is 131 Å². The number of aryl methyl sites for hydroxylation is 1. The van der Waals surface area contributed by atoms with Gasteiger partial charge in [-0.05, 0) is 39.3 Å². The maximum atomic E-state index is 5.78. The molecule has 0 amide bonds. The van der Waals surface area contributed by atoms with Gasteiger partial charge >= 0.3 is 0 Å². The van der Waals surface area contributed by atoms with E-state index in [1.54, 1.807) is 11.3 Å². The molecule has 2 rings (SSSR count). The van der Waals surface area contributed by atoms with Crippen LogP contribution in [0.2, 0.25) is 0 Å². The van der Waals surface area contributed by atoms with Gasteiger partial charge in [0, 0.05) is 31.1 Å². The Hall–Kier alpha value is -0.160. The molecule has 5 heteroatoms. The van der Waals surface area contributed by atoms with Crippen molar-refractivity contribution in [3.63, 3.8) is 0 Å². The van der Waals surface area contributed by atoms with Gasteiger partial charge in [0.1, 0.15) is 0 Å². The van der Waals surface area contributed by atoms with Gasteiger partial charge in [0.15, 0.2) is 0 Å². The van der Waals surface area contributed by atoms with Crippen molar-refractivity contribution in [2.24, 2.45) is 0 Å². The highest BCUT2D eigenvalue weighted by atomic mass is 35.5. The van der Waals surface area contributed by atoms with E-state index in [9.17, 15) is 0 Å². The maximum Gasteiger partial charge on any atom is 0.0928 e. The highest BCUT2D eigenvalue weighted by molar-refractivity contribution is 7.09. The number of unbranched alkanes of at least 4 members (excludes halogenated alkanes) is 1. The van der Waals surface area contributed by atoms with Gasteiger partial charge in [-0.3, -0.25) is 0 Å². The molecule has 1 atom stereocenters. The van der Waals surface area contributed by atoms with Gasteiger partial charge in [0.2, 0.25) is 0 Å². The zero-order valence-electron chi connectivity index (χ0n) is 12.6. The van der Waals surface area contributed by atoms with Crippen LogP contribution in [0.15, 0.2) is 5.38 Å². The molecule has 0 saturated carbocycles. The molecule has 1 aromatic heterocycles. The largest absolute Gasteiger partial charge is 0.301 e. The normalized spacial score (nSPS) is 21.4. The van der Waals surface area contributed by atoms with Gasteiger partial charge in [-0.25, -0.2) is 4.98 Å². The van der Waals surface area contributed by atoms with Gasteiger partial charge in [-0.2, -0.15) is 0 Å². The molecule has 0 aromatic carbocycles. The van der Waals surface area contributed by atoms with Crippen LogP contribution in [0.4, 0.5) is 0 Å². The minimum atomic E-state index is 0.538. The summed E-state index contributed by atoms with van der Waals surface area (Å²) in [6.45, 7) is 7.20. The van der Waals surface area contributed by atoms with Crippen LogP contribution in [0.25, 0.3) is 0 Å². The predicted molar refractivity (Wildman–Crippen MR) is 87.8 cm³/mol. The zero-order chi connectivity index (χ0) is 14.4. The van der Waals surface area contributed by atoms with Gasteiger partial charge < -0.3 is 9.80 Å². The topological polar surface area (TPSA) is 19.4 Å². The van der Waals surface area contributed by atoms with E-state index in [-0.39, 0.29) is 0 Å². The Balaban J connectivity index is 1.63. The summed E-state index contributed by atoms with van der Waals surface area (Å²) in [7, 11) is 2.25. The minimum Gasteiger partial charge on any atom is -0.301 e. The van der Waals surface area contributed by atoms with Crippen molar-refractivity contribution in [3.05, 3.63) is 16.1 Å². The van der Waals surface area contributed by atoms with Crippen LogP contribution in [-0.4, -0.2) is 54.1 Å². The molecule has 1 saturated heterocycles. The third-order valence-corrected chi connectivity index (χ3v) is 5.41. The molecule has 1 aliphatic heterocycles. The molecule has 114 valence electrons. The predicted octanol–water partition coefficient (Wildman–Crippen LogP) is 3.23. The highest BCUT2D eigenvalue weighted by Gasteiger charge is 2.22. The van der Waals surface area contributed by atoms with E-state index >= 15 is 0 Å². The molecular formula is C15H26ClN3S. The number of rotatable bonds is 7. The molecule has 0 spiro atoms. The van der Waals surface area contributed by atoms with Crippen molar-refractivity contribution in [2.45, 2.75) is 44.5 Å². The Morgan fingerprint density at radius 1 is 1.40 bits per heavy atom. The Morgan fingerprint density at radius 3 is 2.95 bits per heavy atom. The van der Waals surface area contributed by atoms with Crippen molar-refractivity contribution in [3.8, 4) is 0 Å². The molecular weight excluding hydrogens is 290 g/mol. The molecule has 0 aliphatic carbocycles. The number of hydrogen-bond acceptors (Lipinski definition) is 4. The van der Waals surface area contributed by atoms with Gasteiger partial charge in [-0.1, -0.05) is 6.92 Å². The summed E-state index contributed by atoms with van der Waals surface area (Å²) < 4.78 is 0. The average Bonchev–Trinajstić information content (AvgIpc) is 2.93. The fourth-order valence-corrected chi connectivity index (χ4v) is 3.86. The number of thiazole rings is 1. The summed E-state index contributed by atoms with van der Waals surface area (Å²) in [5.41, 5.74) is 1.02. The Bertz CT molecular complexity index is 396. The second-order valence-electron chi connectivity index (χ2n) is 5.67. The van der Waals surface area contributed by atoms with Crippen LogP contribution in [0.5, 0.6) is 0 Å². The smallest absolute Gasteiger partial charge is 0.0928 e. The first-order valence-electron chi connectivity index (χ1n) is 7.64. The van der Waals surface area contributed by atoms with Crippen molar-refractivity contribution in [1.82, 2.24) is 14.8 Å². The van der Waals surface area contributed by atoms with Crippen LogP contribution < -0.4 is 0 Å². The standard InChI is InChI=1S/C15H26ClN3S/c1-3-14-11-19(9-8-18(14)2)7-5-4-6-15-17-13(10-16)12-20-15/h12,14H,3-11H2,1-2H3. The van der Waals surface area contributed by atoms with Crippen molar-refractivity contribution >= 4 is 22.9 Å². The molecule has 20 heavy (non-hydrogen) atoms. The lowest BCUT2D eigenvalue weighted by atomic mass is 10.1. The summed E-state index contributed by atoms with van der Waals surface area (Å²) in [5, 5.41) is 3.32. The number of hydrogen-bond donors (Lipinski definition) is 0. The number of halogens is 1. The first-order chi connectivity index (χ1) is 9.72.